The Morgan fingerprint density at radius 3 is 2.56 bits per heavy atom. The highest BCUT2D eigenvalue weighted by Gasteiger charge is 2.55. The molecule has 1 aromatic carbocycles. The zero-order valence-electron chi connectivity index (χ0n) is 14.6. The topological polar surface area (TPSA) is 72.9 Å². The Labute approximate surface area is 146 Å². The maximum Gasteiger partial charge on any atom is 0.321 e. The van der Waals surface area contributed by atoms with Crippen LogP contribution in [0.15, 0.2) is 35.5 Å². The molecule has 2 rings (SSSR count). The molecule has 1 aliphatic rings. The number of esters is 1. The van der Waals surface area contributed by atoms with Crippen molar-refractivity contribution in [1.29, 1.82) is 0 Å². The minimum Gasteiger partial charge on any atom is -0.465 e. The summed E-state index contributed by atoms with van der Waals surface area (Å²) < 4.78 is 10.6. The summed E-state index contributed by atoms with van der Waals surface area (Å²) in [5, 5.41) is 0. The van der Waals surface area contributed by atoms with Gasteiger partial charge in [0.25, 0.3) is 0 Å². The molecule has 0 spiro atoms. The van der Waals surface area contributed by atoms with Gasteiger partial charge in [0.05, 0.1) is 18.8 Å². The molecule has 1 saturated heterocycles. The van der Waals surface area contributed by atoms with Crippen LogP contribution in [-0.2, 0) is 23.9 Å². The lowest BCUT2D eigenvalue weighted by molar-refractivity contribution is -0.154. The third-order valence-electron chi connectivity index (χ3n) is 4.14. The maximum absolute atomic E-state index is 12.7. The Hall–Kier alpha value is -2.65. The SMILES string of the molecule is CCOCC1(C(=O)OCC)CN(c2cccc(C)c2)C(=C=O)C1=C=O. The summed E-state index contributed by atoms with van der Waals surface area (Å²) in [7, 11) is 0. The number of carbonyl (C=O) groups excluding carboxylic acids is 3. The van der Waals surface area contributed by atoms with E-state index in [1.165, 1.54) is 0 Å². The number of allylic oxidation sites excluding steroid dienone is 1. The van der Waals surface area contributed by atoms with Gasteiger partial charge in [0, 0.05) is 18.8 Å². The molecule has 0 bridgehead atoms. The molecule has 0 aromatic heterocycles. The van der Waals surface area contributed by atoms with Crippen molar-refractivity contribution in [3.05, 3.63) is 41.1 Å². The van der Waals surface area contributed by atoms with E-state index in [-0.39, 0.29) is 31.0 Å². The van der Waals surface area contributed by atoms with Crippen molar-refractivity contribution in [1.82, 2.24) is 0 Å². The first kappa shape index (κ1) is 18.7. The van der Waals surface area contributed by atoms with Crippen molar-refractivity contribution in [3.8, 4) is 0 Å². The lowest BCUT2D eigenvalue weighted by Gasteiger charge is -2.26. The molecule has 0 amide bonds. The summed E-state index contributed by atoms with van der Waals surface area (Å²) in [6, 6.07) is 7.42. The molecule has 1 aromatic rings. The van der Waals surface area contributed by atoms with Crippen molar-refractivity contribution in [2.75, 3.05) is 31.3 Å². The molecule has 1 fully saturated rings. The van der Waals surface area contributed by atoms with E-state index in [1.54, 1.807) is 36.7 Å². The minimum absolute atomic E-state index is 0.00615. The van der Waals surface area contributed by atoms with Crippen molar-refractivity contribution in [2.45, 2.75) is 20.8 Å². The van der Waals surface area contributed by atoms with Crippen LogP contribution in [0.5, 0.6) is 0 Å². The Bertz CT molecular complexity index is 759. The third kappa shape index (κ3) is 3.42. The van der Waals surface area contributed by atoms with Crippen LogP contribution in [0.3, 0.4) is 0 Å². The van der Waals surface area contributed by atoms with Crippen LogP contribution in [0.25, 0.3) is 0 Å². The van der Waals surface area contributed by atoms with Gasteiger partial charge in [-0.05, 0) is 38.5 Å². The number of anilines is 1. The number of hydrogen-bond acceptors (Lipinski definition) is 6. The molecular weight excluding hydrogens is 322 g/mol. The second-order valence-corrected chi connectivity index (χ2v) is 5.79. The normalized spacial score (nSPS) is 19.6. The zero-order valence-corrected chi connectivity index (χ0v) is 14.6. The van der Waals surface area contributed by atoms with E-state index in [0.717, 1.165) is 5.56 Å². The number of aryl methyl sites for hydroxylation is 1. The van der Waals surface area contributed by atoms with Crippen molar-refractivity contribution < 1.29 is 23.9 Å². The lowest BCUT2D eigenvalue weighted by Crippen LogP contribution is -2.41. The smallest absolute Gasteiger partial charge is 0.321 e. The van der Waals surface area contributed by atoms with Gasteiger partial charge in [-0.1, -0.05) is 12.1 Å². The average molecular weight is 343 g/mol. The number of rotatable bonds is 6. The van der Waals surface area contributed by atoms with Crippen LogP contribution in [-0.4, -0.2) is 44.2 Å². The van der Waals surface area contributed by atoms with E-state index in [4.69, 9.17) is 9.47 Å². The van der Waals surface area contributed by atoms with Gasteiger partial charge < -0.3 is 14.4 Å². The third-order valence-corrected chi connectivity index (χ3v) is 4.14. The average Bonchev–Trinajstić information content (AvgIpc) is 2.94. The molecule has 1 atom stereocenters. The maximum atomic E-state index is 12.7. The molecule has 0 saturated carbocycles. The van der Waals surface area contributed by atoms with Gasteiger partial charge in [0.1, 0.15) is 17.1 Å². The summed E-state index contributed by atoms with van der Waals surface area (Å²) in [5.41, 5.74) is 0.195. The first-order valence-electron chi connectivity index (χ1n) is 8.14. The molecule has 132 valence electrons. The highest BCUT2D eigenvalue weighted by molar-refractivity contribution is 5.94. The Morgan fingerprint density at radius 2 is 2.00 bits per heavy atom. The highest BCUT2D eigenvalue weighted by Crippen LogP contribution is 2.44. The zero-order chi connectivity index (χ0) is 18.4. The van der Waals surface area contributed by atoms with Crippen LogP contribution in [0.2, 0.25) is 0 Å². The fourth-order valence-corrected chi connectivity index (χ4v) is 2.95. The van der Waals surface area contributed by atoms with E-state index >= 15 is 0 Å². The van der Waals surface area contributed by atoms with Gasteiger partial charge in [0.15, 0.2) is 5.94 Å². The first-order chi connectivity index (χ1) is 12.0. The molecule has 6 heteroatoms. The van der Waals surface area contributed by atoms with E-state index < -0.39 is 11.4 Å². The van der Waals surface area contributed by atoms with Crippen LogP contribution < -0.4 is 4.90 Å². The Morgan fingerprint density at radius 1 is 1.24 bits per heavy atom. The second-order valence-electron chi connectivity index (χ2n) is 5.79. The fraction of sp³-hybridized carbons (Fsp3) is 0.421. The Balaban J connectivity index is 2.58. The minimum atomic E-state index is -1.40. The molecule has 1 aliphatic heterocycles. The van der Waals surface area contributed by atoms with Crippen molar-refractivity contribution >= 4 is 23.5 Å². The van der Waals surface area contributed by atoms with Gasteiger partial charge in [-0.15, -0.1) is 0 Å². The van der Waals surface area contributed by atoms with Crippen LogP contribution >= 0.6 is 0 Å². The molecule has 0 aliphatic carbocycles. The van der Waals surface area contributed by atoms with Gasteiger partial charge in [-0.2, -0.15) is 0 Å². The molecule has 25 heavy (non-hydrogen) atoms. The van der Waals surface area contributed by atoms with Crippen LogP contribution in [0, 0.1) is 12.3 Å². The molecule has 1 unspecified atom stereocenters. The van der Waals surface area contributed by atoms with E-state index in [1.807, 2.05) is 25.1 Å². The summed E-state index contributed by atoms with van der Waals surface area (Å²) in [4.78, 5) is 37.5. The van der Waals surface area contributed by atoms with Gasteiger partial charge >= 0.3 is 5.97 Å². The van der Waals surface area contributed by atoms with E-state index in [2.05, 4.69) is 0 Å². The number of carbonyl (C=O) groups is 1. The summed E-state index contributed by atoms with van der Waals surface area (Å²) in [6.45, 7) is 5.89. The van der Waals surface area contributed by atoms with E-state index in [0.29, 0.717) is 12.3 Å². The molecule has 0 N–H and O–H groups in total. The van der Waals surface area contributed by atoms with Crippen LogP contribution in [0.1, 0.15) is 19.4 Å². The molecular formula is C19H21NO5. The van der Waals surface area contributed by atoms with E-state index in [9.17, 15) is 14.4 Å². The van der Waals surface area contributed by atoms with Crippen molar-refractivity contribution in [2.24, 2.45) is 5.41 Å². The molecule has 6 nitrogen and oxygen atoms in total. The summed E-state index contributed by atoms with van der Waals surface area (Å²) >= 11 is 0. The number of hydrogen-bond donors (Lipinski definition) is 0. The van der Waals surface area contributed by atoms with Crippen molar-refractivity contribution in [3.63, 3.8) is 0 Å². The number of nitrogens with zero attached hydrogens (tertiary/aromatic N) is 1. The predicted molar refractivity (Wildman–Crippen MR) is 92.5 cm³/mol. The number of ether oxygens (including phenoxy) is 2. The lowest BCUT2D eigenvalue weighted by atomic mass is 9.83. The first-order valence-corrected chi connectivity index (χ1v) is 8.14. The molecule has 1 heterocycles. The fourth-order valence-electron chi connectivity index (χ4n) is 2.95. The largest absolute Gasteiger partial charge is 0.465 e. The Kier molecular flexibility index (Phi) is 5.94. The highest BCUT2D eigenvalue weighted by atomic mass is 16.5. The quantitative estimate of drug-likeness (QED) is 0.580. The van der Waals surface area contributed by atoms with Gasteiger partial charge in [0.2, 0.25) is 0 Å². The van der Waals surface area contributed by atoms with Crippen LogP contribution in [0.4, 0.5) is 5.69 Å². The predicted octanol–water partition coefficient (Wildman–Crippen LogP) is 1.87. The monoisotopic (exact) mass is 343 g/mol. The number of benzene rings is 1. The summed E-state index contributed by atoms with van der Waals surface area (Å²) in [5.74, 6) is 2.95. The van der Waals surface area contributed by atoms with Gasteiger partial charge in [-0.3, -0.25) is 4.79 Å². The summed E-state index contributed by atoms with van der Waals surface area (Å²) in [6.07, 6.45) is 0. The molecule has 0 radical (unpaired) electrons. The second kappa shape index (κ2) is 7.95. The standard InChI is InChI=1S/C19H21NO5/c1-4-24-13-19(18(23)25-5-2)12-20(17(11-22)16(19)10-21)15-8-6-7-14(3)9-15/h6-9H,4-5,12-13H2,1-3H3. The van der Waals surface area contributed by atoms with Gasteiger partial charge in [-0.25, -0.2) is 9.59 Å².